The summed E-state index contributed by atoms with van der Waals surface area (Å²) in [7, 11) is 0. The van der Waals surface area contributed by atoms with Crippen LogP contribution in [-0.4, -0.2) is 24.3 Å². The minimum atomic E-state index is -0.397. The number of rotatable bonds is 3. The zero-order valence-electron chi connectivity index (χ0n) is 9.46. The molecule has 0 aromatic heterocycles. The Morgan fingerprint density at radius 1 is 1.33 bits per heavy atom. The molecule has 0 radical (unpaired) electrons. The highest BCUT2D eigenvalue weighted by Gasteiger charge is 2.44. The van der Waals surface area contributed by atoms with Gasteiger partial charge in [0.15, 0.2) is 11.6 Å². The van der Waals surface area contributed by atoms with E-state index in [2.05, 4.69) is 0 Å². The molecule has 1 saturated carbocycles. The van der Waals surface area contributed by atoms with Gasteiger partial charge in [0, 0.05) is 19.3 Å². The van der Waals surface area contributed by atoms with Crippen LogP contribution in [0.25, 0.3) is 0 Å². The molecule has 1 aliphatic heterocycles. The maximum absolute atomic E-state index is 11.7. The Hall–Kier alpha value is -0.410. The SMILES string of the molecule is CCCC(=O)[C@H]1COC2(CCCCC2)O1. The van der Waals surface area contributed by atoms with Gasteiger partial charge in [-0.25, -0.2) is 0 Å². The van der Waals surface area contributed by atoms with Crippen LogP contribution in [0.2, 0.25) is 0 Å². The highest BCUT2D eigenvalue weighted by molar-refractivity contribution is 5.83. The molecule has 0 unspecified atom stereocenters. The number of carbonyl (C=O) groups is 1. The van der Waals surface area contributed by atoms with Crippen LogP contribution in [-0.2, 0) is 14.3 Å². The number of ether oxygens (including phenoxy) is 2. The van der Waals surface area contributed by atoms with Crippen LogP contribution in [0.15, 0.2) is 0 Å². The summed E-state index contributed by atoms with van der Waals surface area (Å²) in [6, 6.07) is 0. The van der Waals surface area contributed by atoms with Crippen molar-refractivity contribution >= 4 is 5.78 Å². The third-order valence-electron chi connectivity index (χ3n) is 3.33. The van der Waals surface area contributed by atoms with Crippen molar-refractivity contribution in [3.8, 4) is 0 Å². The van der Waals surface area contributed by atoms with E-state index >= 15 is 0 Å². The summed E-state index contributed by atoms with van der Waals surface area (Å²) < 4.78 is 11.6. The minimum Gasteiger partial charge on any atom is -0.347 e. The minimum absolute atomic E-state index is 0.208. The number of hydrogen-bond acceptors (Lipinski definition) is 3. The molecule has 0 amide bonds. The zero-order valence-corrected chi connectivity index (χ0v) is 9.46. The van der Waals surface area contributed by atoms with Gasteiger partial charge in [-0.05, 0) is 19.3 Å². The third kappa shape index (κ3) is 2.40. The summed E-state index contributed by atoms with van der Waals surface area (Å²) in [5.41, 5.74) is 0. The maximum atomic E-state index is 11.7. The predicted molar refractivity (Wildman–Crippen MR) is 56.6 cm³/mol. The van der Waals surface area contributed by atoms with Crippen molar-refractivity contribution in [2.75, 3.05) is 6.61 Å². The maximum Gasteiger partial charge on any atom is 0.169 e. The van der Waals surface area contributed by atoms with Crippen molar-refractivity contribution < 1.29 is 14.3 Å². The van der Waals surface area contributed by atoms with Crippen LogP contribution < -0.4 is 0 Å². The van der Waals surface area contributed by atoms with Crippen molar-refractivity contribution in [2.24, 2.45) is 0 Å². The molecule has 1 heterocycles. The fraction of sp³-hybridized carbons (Fsp3) is 0.917. The van der Waals surface area contributed by atoms with Gasteiger partial charge in [0.1, 0.15) is 6.10 Å². The Bertz CT molecular complexity index is 231. The molecule has 0 bridgehead atoms. The molecule has 86 valence electrons. The van der Waals surface area contributed by atoms with Crippen LogP contribution in [0, 0.1) is 0 Å². The molecule has 0 N–H and O–H groups in total. The lowest BCUT2D eigenvalue weighted by Crippen LogP contribution is -2.34. The van der Waals surface area contributed by atoms with E-state index in [1.807, 2.05) is 6.92 Å². The van der Waals surface area contributed by atoms with Gasteiger partial charge in [-0.2, -0.15) is 0 Å². The smallest absolute Gasteiger partial charge is 0.169 e. The van der Waals surface area contributed by atoms with E-state index in [-0.39, 0.29) is 11.9 Å². The molecular formula is C12H20O3. The Kier molecular flexibility index (Phi) is 3.42. The molecule has 2 fully saturated rings. The fourth-order valence-electron chi connectivity index (χ4n) is 2.47. The third-order valence-corrected chi connectivity index (χ3v) is 3.33. The van der Waals surface area contributed by atoms with Crippen LogP contribution in [0.1, 0.15) is 51.9 Å². The average Bonchev–Trinajstić information content (AvgIpc) is 2.64. The van der Waals surface area contributed by atoms with Crippen molar-refractivity contribution in [3.05, 3.63) is 0 Å². The quantitative estimate of drug-likeness (QED) is 0.720. The summed E-state index contributed by atoms with van der Waals surface area (Å²) in [6.07, 6.45) is 6.73. The summed E-state index contributed by atoms with van der Waals surface area (Å²) in [4.78, 5) is 11.7. The summed E-state index contributed by atoms with van der Waals surface area (Å²) in [6.45, 7) is 2.49. The van der Waals surface area contributed by atoms with E-state index in [9.17, 15) is 4.79 Å². The molecule has 2 aliphatic rings. The summed E-state index contributed by atoms with van der Waals surface area (Å²) >= 11 is 0. The van der Waals surface area contributed by atoms with Crippen molar-refractivity contribution in [2.45, 2.75) is 63.8 Å². The second-order valence-corrected chi connectivity index (χ2v) is 4.61. The molecular weight excluding hydrogens is 192 g/mol. The topological polar surface area (TPSA) is 35.5 Å². The standard InChI is InChI=1S/C12H20O3/c1-2-6-10(13)11-9-14-12(15-11)7-4-3-5-8-12/h11H,2-9H2,1H3/t11-/m1/s1. The van der Waals surface area contributed by atoms with Gasteiger partial charge in [-0.15, -0.1) is 0 Å². The van der Waals surface area contributed by atoms with Crippen LogP contribution in [0.5, 0.6) is 0 Å². The van der Waals surface area contributed by atoms with E-state index in [0.717, 1.165) is 32.1 Å². The normalized spacial score (nSPS) is 29.5. The first kappa shape index (κ1) is 11.1. The van der Waals surface area contributed by atoms with E-state index in [0.29, 0.717) is 13.0 Å². The summed E-state index contributed by atoms with van der Waals surface area (Å²) in [5, 5.41) is 0. The first-order valence-corrected chi connectivity index (χ1v) is 6.10. The molecule has 1 aliphatic carbocycles. The molecule has 2 rings (SSSR count). The zero-order chi connectivity index (χ0) is 10.7. The Morgan fingerprint density at radius 2 is 2.07 bits per heavy atom. The Labute approximate surface area is 91.1 Å². The summed E-state index contributed by atoms with van der Waals surface area (Å²) in [5.74, 6) is -0.188. The van der Waals surface area contributed by atoms with Gasteiger partial charge in [0.05, 0.1) is 6.61 Å². The second-order valence-electron chi connectivity index (χ2n) is 4.61. The van der Waals surface area contributed by atoms with E-state index in [1.165, 1.54) is 6.42 Å². The van der Waals surface area contributed by atoms with Gasteiger partial charge in [-0.3, -0.25) is 4.79 Å². The monoisotopic (exact) mass is 212 g/mol. The molecule has 3 nitrogen and oxygen atoms in total. The lowest BCUT2D eigenvalue weighted by Gasteiger charge is -2.31. The largest absolute Gasteiger partial charge is 0.347 e. The molecule has 1 saturated heterocycles. The number of ketones is 1. The van der Waals surface area contributed by atoms with Crippen molar-refractivity contribution in [1.29, 1.82) is 0 Å². The van der Waals surface area contributed by atoms with Crippen LogP contribution >= 0.6 is 0 Å². The average molecular weight is 212 g/mol. The van der Waals surface area contributed by atoms with E-state index in [4.69, 9.17) is 9.47 Å². The van der Waals surface area contributed by atoms with Crippen molar-refractivity contribution in [3.63, 3.8) is 0 Å². The molecule has 1 spiro atoms. The van der Waals surface area contributed by atoms with E-state index in [1.54, 1.807) is 0 Å². The molecule has 3 heteroatoms. The van der Waals surface area contributed by atoms with Crippen LogP contribution in [0.3, 0.4) is 0 Å². The first-order chi connectivity index (χ1) is 7.26. The predicted octanol–water partition coefficient (Wildman–Crippen LogP) is 2.43. The highest BCUT2D eigenvalue weighted by Crippen LogP contribution is 2.38. The van der Waals surface area contributed by atoms with Gasteiger partial charge < -0.3 is 9.47 Å². The molecule has 1 atom stereocenters. The van der Waals surface area contributed by atoms with Crippen LogP contribution in [0.4, 0.5) is 0 Å². The second kappa shape index (κ2) is 4.62. The number of hydrogen-bond donors (Lipinski definition) is 0. The highest BCUT2D eigenvalue weighted by atomic mass is 16.7. The number of Topliss-reactive ketones (excluding diaryl/α,β-unsaturated/α-hetero) is 1. The number of carbonyl (C=O) groups excluding carboxylic acids is 1. The fourth-order valence-corrected chi connectivity index (χ4v) is 2.47. The lowest BCUT2D eigenvalue weighted by molar-refractivity contribution is -0.188. The molecule has 15 heavy (non-hydrogen) atoms. The first-order valence-electron chi connectivity index (χ1n) is 6.10. The lowest BCUT2D eigenvalue weighted by atomic mass is 9.94. The van der Waals surface area contributed by atoms with Crippen molar-refractivity contribution in [1.82, 2.24) is 0 Å². The van der Waals surface area contributed by atoms with Gasteiger partial charge in [0.2, 0.25) is 0 Å². The van der Waals surface area contributed by atoms with Gasteiger partial charge in [0.25, 0.3) is 0 Å². The Balaban J connectivity index is 1.90. The van der Waals surface area contributed by atoms with Gasteiger partial charge in [-0.1, -0.05) is 13.3 Å². The molecule has 0 aromatic rings. The van der Waals surface area contributed by atoms with E-state index < -0.39 is 5.79 Å². The Morgan fingerprint density at radius 3 is 2.73 bits per heavy atom. The molecule has 0 aromatic carbocycles. The van der Waals surface area contributed by atoms with Gasteiger partial charge >= 0.3 is 0 Å².